The molecule has 1 aromatic heterocycles. The minimum absolute atomic E-state index is 0.683. The van der Waals surface area contributed by atoms with E-state index in [9.17, 15) is 0 Å². The van der Waals surface area contributed by atoms with E-state index >= 15 is 0 Å². The molecule has 2 aromatic rings. The topological polar surface area (TPSA) is 41.8 Å². The van der Waals surface area contributed by atoms with Crippen LogP contribution in [0.2, 0.25) is 5.02 Å². The first kappa shape index (κ1) is 10.5. The molecule has 3 N–H and O–H groups in total. The highest BCUT2D eigenvalue weighted by Gasteiger charge is 2.09. The molecule has 0 atom stereocenters. The van der Waals surface area contributed by atoms with Crippen molar-refractivity contribution in [3.63, 3.8) is 0 Å². The van der Waals surface area contributed by atoms with Crippen molar-refractivity contribution >= 4 is 22.5 Å². The van der Waals surface area contributed by atoms with Crippen LogP contribution in [0.25, 0.3) is 10.9 Å². The summed E-state index contributed by atoms with van der Waals surface area (Å²) in [6.07, 6.45) is 1.92. The van der Waals surface area contributed by atoms with E-state index in [0.717, 1.165) is 23.4 Å². The summed E-state index contributed by atoms with van der Waals surface area (Å²) in [6, 6.07) is 5.96. The fraction of sp³-hybridized carbons (Fsp3) is 0.333. The van der Waals surface area contributed by atoms with Crippen molar-refractivity contribution in [3.05, 3.63) is 34.5 Å². The summed E-state index contributed by atoms with van der Waals surface area (Å²) in [4.78, 5) is 3.40. The molecule has 0 saturated heterocycles. The van der Waals surface area contributed by atoms with Gasteiger partial charge in [-0.05, 0) is 37.1 Å². The SMILES string of the molecule is CCc1[nH]c2cc(Cl)ccc2c1CCN. The molecule has 1 heterocycles. The third-order valence-electron chi connectivity index (χ3n) is 2.70. The Kier molecular flexibility index (Phi) is 2.98. The number of rotatable bonds is 3. The number of halogens is 1. The van der Waals surface area contributed by atoms with E-state index < -0.39 is 0 Å². The maximum atomic E-state index is 5.96. The molecule has 15 heavy (non-hydrogen) atoms. The highest BCUT2D eigenvalue weighted by Crippen LogP contribution is 2.25. The Morgan fingerprint density at radius 1 is 1.40 bits per heavy atom. The van der Waals surface area contributed by atoms with Gasteiger partial charge in [-0.2, -0.15) is 0 Å². The molecule has 0 radical (unpaired) electrons. The van der Waals surface area contributed by atoms with Gasteiger partial charge >= 0.3 is 0 Å². The number of hydrogen-bond donors (Lipinski definition) is 2. The summed E-state index contributed by atoms with van der Waals surface area (Å²) in [5, 5.41) is 2.02. The molecular weight excluding hydrogens is 208 g/mol. The van der Waals surface area contributed by atoms with E-state index in [-0.39, 0.29) is 0 Å². The van der Waals surface area contributed by atoms with Gasteiger partial charge in [-0.25, -0.2) is 0 Å². The number of nitrogens with one attached hydrogen (secondary N) is 1. The Balaban J connectivity index is 2.63. The fourth-order valence-corrected chi connectivity index (χ4v) is 2.19. The Morgan fingerprint density at radius 2 is 2.20 bits per heavy atom. The summed E-state index contributed by atoms with van der Waals surface area (Å²) in [5.74, 6) is 0. The van der Waals surface area contributed by atoms with Crippen LogP contribution in [-0.2, 0) is 12.8 Å². The van der Waals surface area contributed by atoms with Crippen molar-refractivity contribution in [1.82, 2.24) is 4.98 Å². The summed E-state index contributed by atoms with van der Waals surface area (Å²) in [5.41, 5.74) is 9.35. The van der Waals surface area contributed by atoms with Gasteiger partial charge in [0.15, 0.2) is 0 Å². The molecule has 3 heteroatoms. The lowest BCUT2D eigenvalue weighted by Crippen LogP contribution is -2.04. The molecular formula is C12H15ClN2. The monoisotopic (exact) mass is 222 g/mol. The minimum Gasteiger partial charge on any atom is -0.358 e. The lowest BCUT2D eigenvalue weighted by Gasteiger charge is -1.99. The van der Waals surface area contributed by atoms with E-state index in [0.29, 0.717) is 6.54 Å². The van der Waals surface area contributed by atoms with Crippen LogP contribution in [0.15, 0.2) is 18.2 Å². The summed E-state index contributed by atoms with van der Waals surface area (Å²) in [7, 11) is 0. The Morgan fingerprint density at radius 3 is 2.87 bits per heavy atom. The third-order valence-corrected chi connectivity index (χ3v) is 2.94. The van der Waals surface area contributed by atoms with Gasteiger partial charge in [0.25, 0.3) is 0 Å². The second kappa shape index (κ2) is 4.25. The van der Waals surface area contributed by atoms with Crippen LogP contribution >= 0.6 is 11.6 Å². The largest absolute Gasteiger partial charge is 0.358 e. The lowest BCUT2D eigenvalue weighted by atomic mass is 10.1. The van der Waals surface area contributed by atoms with E-state index in [1.54, 1.807) is 0 Å². The standard InChI is InChI=1S/C12H15ClN2/c1-2-11-10(5-6-14)9-4-3-8(13)7-12(9)15-11/h3-4,7,15H,2,5-6,14H2,1H3. The van der Waals surface area contributed by atoms with E-state index in [1.165, 1.54) is 16.6 Å². The molecule has 0 spiro atoms. The number of benzene rings is 1. The normalized spacial score (nSPS) is 11.1. The number of fused-ring (bicyclic) bond motifs is 1. The second-order valence-corrected chi connectivity index (χ2v) is 4.10. The van der Waals surface area contributed by atoms with E-state index in [2.05, 4.69) is 18.0 Å². The van der Waals surface area contributed by atoms with Crippen molar-refractivity contribution in [2.75, 3.05) is 6.54 Å². The first-order valence-electron chi connectivity index (χ1n) is 5.25. The summed E-state index contributed by atoms with van der Waals surface area (Å²) < 4.78 is 0. The Hall–Kier alpha value is -0.990. The molecule has 80 valence electrons. The molecule has 0 aliphatic carbocycles. The number of H-pyrrole nitrogens is 1. The van der Waals surface area contributed by atoms with Crippen molar-refractivity contribution < 1.29 is 0 Å². The maximum Gasteiger partial charge on any atom is 0.0473 e. The number of aromatic nitrogens is 1. The quantitative estimate of drug-likeness (QED) is 0.824. The molecule has 0 fully saturated rings. The zero-order chi connectivity index (χ0) is 10.8. The number of nitrogens with two attached hydrogens (primary N) is 1. The van der Waals surface area contributed by atoms with Crippen molar-refractivity contribution in [1.29, 1.82) is 0 Å². The maximum absolute atomic E-state index is 5.96. The molecule has 2 rings (SSSR count). The van der Waals surface area contributed by atoms with Gasteiger partial charge in [-0.15, -0.1) is 0 Å². The van der Waals surface area contributed by atoms with Crippen molar-refractivity contribution in [2.45, 2.75) is 19.8 Å². The minimum atomic E-state index is 0.683. The van der Waals surface area contributed by atoms with Gasteiger partial charge < -0.3 is 10.7 Å². The summed E-state index contributed by atoms with van der Waals surface area (Å²) in [6.45, 7) is 2.83. The Labute approximate surface area is 94.4 Å². The molecule has 0 aliphatic rings. The van der Waals surface area contributed by atoms with Gasteiger partial charge in [0, 0.05) is 21.6 Å². The highest BCUT2D eigenvalue weighted by molar-refractivity contribution is 6.31. The predicted molar refractivity (Wildman–Crippen MR) is 65.4 cm³/mol. The summed E-state index contributed by atoms with van der Waals surface area (Å²) >= 11 is 5.96. The fourth-order valence-electron chi connectivity index (χ4n) is 2.02. The van der Waals surface area contributed by atoms with Gasteiger partial charge in [0.1, 0.15) is 0 Å². The van der Waals surface area contributed by atoms with Gasteiger partial charge in [-0.1, -0.05) is 24.6 Å². The molecule has 1 aromatic carbocycles. The van der Waals surface area contributed by atoms with Crippen LogP contribution in [0.4, 0.5) is 0 Å². The molecule has 0 bridgehead atoms. The highest BCUT2D eigenvalue weighted by atomic mass is 35.5. The predicted octanol–water partition coefficient (Wildman–Crippen LogP) is 2.88. The lowest BCUT2D eigenvalue weighted by molar-refractivity contribution is 0.936. The average molecular weight is 223 g/mol. The van der Waals surface area contributed by atoms with Crippen molar-refractivity contribution in [3.8, 4) is 0 Å². The zero-order valence-corrected chi connectivity index (χ0v) is 9.56. The molecule has 0 saturated carbocycles. The average Bonchev–Trinajstić information content (AvgIpc) is 2.56. The number of hydrogen-bond acceptors (Lipinski definition) is 1. The first-order valence-corrected chi connectivity index (χ1v) is 5.63. The smallest absolute Gasteiger partial charge is 0.0473 e. The van der Waals surface area contributed by atoms with E-state index in [1.807, 2.05) is 12.1 Å². The van der Waals surface area contributed by atoms with Crippen LogP contribution in [0, 0.1) is 0 Å². The molecule has 2 nitrogen and oxygen atoms in total. The van der Waals surface area contributed by atoms with Crippen LogP contribution in [0.1, 0.15) is 18.2 Å². The van der Waals surface area contributed by atoms with Gasteiger partial charge in [0.2, 0.25) is 0 Å². The van der Waals surface area contributed by atoms with Crippen LogP contribution in [0.3, 0.4) is 0 Å². The van der Waals surface area contributed by atoms with Crippen LogP contribution in [0.5, 0.6) is 0 Å². The van der Waals surface area contributed by atoms with Gasteiger partial charge in [-0.3, -0.25) is 0 Å². The third kappa shape index (κ3) is 1.87. The number of aryl methyl sites for hydroxylation is 1. The zero-order valence-electron chi connectivity index (χ0n) is 8.81. The van der Waals surface area contributed by atoms with E-state index in [4.69, 9.17) is 17.3 Å². The molecule has 0 aliphatic heterocycles. The first-order chi connectivity index (χ1) is 7.26. The van der Waals surface area contributed by atoms with Gasteiger partial charge in [0.05, 0.1) is 0 Å². The van der Waals surface area contributed by atoms with Crippen molar-refractivity contribution in [2.24, 2.45) is 5.73 Å². The van der Waals surface area contributed by atoms with Crippen LogP contribution < -0.4 is 5.73 Å². The second-order valence-electron chi connectivity index (χ2n) is 3.66. The Bertz CT molecular complexity index is 474. The van der Waals surface area contributed by atoms with Crippen LogP contribution in [-0.4, -0.2) is 11.5 Å². The molecule has 0 amide bonds. The molecule has 0 unspecified atom stereocenters. The number of aromatic amines is 1.